The van der Waals surface area contributed by atoms with E-state index in [1.54, 1.807) is 0 Å². The molecule has 65 heteroatoms. The second-order valence-electron chi connectivity index (χ2n) is 4.47. The van der Waals surface area contributed by atoms with Crippen LogP contribution in [0.4, 0.5) is 0 Å². The Labute approximate surface area is 522 Å². The molecule has 0 aromatic rings. The summed E-state index contributed by atoms with van der Waals surface area (Å²) in [7, 11) is -53.9. The molecule has 0 aliphatic heterocycles. The SMILES string of the molecule is O=P([O-])([O-])[O-].O=P([O-])([O-])[O-].O=P([O-])([O-])[O-].O=P([O-])([O-])[O-].O=P([O-])([O-])[O-].O=P([O-])([O-])[O-].O=P([O-])([O-])[O-].O=P([O-])([O-])[O-].O=P([O-])([O-])[O-].O=P([O-])([O-])[O-].[Co+2].[Co+2].[Co+2].[Fe+3].[Fe+3].[Fe+3].[Li+].[Li+].[Li+].[Mn+2].[Mn+2].[Mn+2].[Ni+2].[Ni+2].[Ni+2]. The van der Waals surface area contributed by atoms with Crippen LogP contribution in [0.25, 0.3) is 0 Å². The summed E-state index contributed by atoms with van der Waals surface area (Å²) in [5.41, 5.74) is 0. The van der Waals surface area contributed by atoms with Crippen LogP contribution in [0, 0.1) is 0 Å². The first kappa shape index (κ1) is 164. The van der Waals surface area contributed by atoms with Gasteiger partial charge in [0.25, 0.3) is 0 Å². The van der Waals surface area contributed by atoms with Crippen molar-refractivity contribution >= 4 is 78.2 Å². The van der Waals surface area contributed by atoms with Gasteiger partial charge in [-0.25, -0.2) is 0 Å². The molecule has 0 fully saturated rings. The van der Waals surface area contributed by atoms with E-state index in [0.717, 1.165) is 0 Å². The Morgan fingerprint density at radius 1 is 0.169 bits per heavy atom. The van der Waals surface area contributed by atoms with Gasteiger partial charge in [0.1, 0.15) is 0 Å². The van der Waals surface area contributed by atoms with Gasteiger partial charge in [-0.05, 0) is 0 Å². The molecule has 9 radical (unpaired) electrons. The van der Waals surface area contributed by atoms with E-state index in [0.29, 0.717) is 0 Å². The Kier molecular flexibility index (Phi) is 201. The molecule has 0 aromatic heterocycles. The summed E-state index contributed by atoms with van der Waals surface area (Å²) in [6.07, 6.45) is 0. The number of hydrogen-bond donors (Lipinski definition) is 0. The summed E-state index contributed by atoms with van der Waals surface area (Å²) in [6.45, 7) is 0. The van der Waals surface area contributed by atoms with Gasteiger partial charge in [0.15, 0.2) is 0 Å². The van der Waals surface area contributed by atoms with Crippen LogP contribution in [0.5, 0.6) is 0 Å². The van der Waals surface area contributed by atoms with Gasteiger partial charge in [-0.2, -0.15) is 78.2 Å². The molecule has 65 heavy (non-hydrogen) atoms. The molecule has 395 valence electrons. The minimum absolute atomic E-state index is 0. The summed E-state index contributed by atoms with van der Waals surface area (Å²) in [5.74, 6) is 0. The van der Waals surface area contributed by atoms with Crippen LogP contribution in [0.1, 0.15) is 0 Å². The van der Waals surface area contributed by atoms with Gasteiger partial charge >= 0.3 is 259 Å². The molecule has 0 spiro atoms. The number of hydrogen-bond acceptors (Lipinski definition) is 40. The van der Waals surface area contributed by atoms with Gasteiger partial charge in [-0.15, -0.1) is 0 Å². The van der Waals surface area contributed by atoms with Gasteiger partial charge in [0.05, 0.1) is 0 Å². The van der Waals surface area contributed by atoms with Crippen molar-refractivity contribution in [3.8, 4) is 0 Å². The summed E-state index contributed by atoms with van der Waals surface area (Å²) in [5, 5.41) is 0. The van der Waals surface area contributed by atoms with Crippen LogP contribution < -0.4 is 203 Å². The van der Waals surface area contributed by atoms with Crippen molar-refractivity contribution in [1.82, 2.24) is 0 Å². The molecule has 0 rings (SSSR count). The van der Waals surface area contributed by atoms with Crippen molar-refractivity contribution in [1.29, 1.82) is 0 Å². The molecule has 40 nitrogen and oxygen atoms in total. The Balaban J connectivity index is -0.0000000116. The molecular formula is Co3Fe3Li3Mn3Ni3O40P10. The molecular weight excluding hydrogens is 1660 g/mol. The maximum absolute atomic E-state index is 8.55. The van der Waals surface area contributed by atoms with Crippen molar-refractivity contribution in [2.45, 2.75) is 0 Å². The predicted octanol–water partition coefficient (Wildman–Crippen LogP) is -37.3. The summed E-state index contributed by atoms with van der Waals surface area (Å²) in [4.78, 5) is 256. The van der Waals surface area contributed by atoms with Gasteiger partial charge in [0, 0.05) is 0 Å². The molecule has 0 saturated carbocycles. The Bertz CT molecular complexity index is 916. The molecule has 0 heterocycles. The first-order valence-corrected chi connectivity index (χ1v) is 21.9. The normalized spacial score (nSPS) is 9.08. The van der Waals surface area contributed by atoms with E-state index < -0.39 is 78.2 Å². The quantitative estimate of drug-likeness (QED) is 0.160. The fourth-order valence-corrected chi connectivity index (χ4v) is 0. The zero-order valence-corrected chi connectivity index (χ0v) is 49.8. The van der Waals surface area contributed by atoms with Crippen molar-refractivity contribution < 1.29 is 451 Å². The monoisotopic (exact) mass is 1650 g/mol. The molecule has 0 aliphatic carbocycles. The molecule has 0 N–H and O–H groups in total. The first-order valence-electron chi connectivity index (χ1n) is 7.30. The van der Waals surface area contributed by atoms with Crippen LogP contribution in [0.15, 0.2) is 0 Å². The zero-order valence-electron chi connectivity index (χ0n) is 27.9. The standard InChI is InChI=1S/3Co.3Fe.3Li.3Mn.3Ni.10H3O4P/c;;;;;;;;;;;;;;;10*1-5(2,3)4/h;;;;;;;;;;;;;;;10*(H3,1,2,3,4)/q3*+2;3*+3;3*+1;6*+2;;;;;;;;;;/p-30. The van der Waals surface area contributed by atoms with Crippen LogP contribution in [0.3, 0.4) is 0 Å². The van der Waals surface area contributed by atoms with Gasteiger partial charge < -0.3 is 192 Å². The average molecular weight is 1660 g/mol. The molecule has 0 amide bonds. The van der Waals surface area contributed by atoms with Crippen molar-refractivity contribution in [2.75, 3.05) is 0 Å². The van der Waals surface area contributed by atoms with Crippen LogP contribution in [0.2, 0.25) is 0 Å². The third-order valence-electron chi connectivity index (χ3n) is 0. The van der Waals surface area contributed by atoms with Gasteiger partial charge in [-0.1, -0.05) is 0 Å². The largest absolute Gasteiger partial charge is 3.00 e. The third-order valence-corrected chi connectivity index (χ3v) is 0. The van der Waals surface area contributed by atoms with E-state index >= 15 is 0 Å². The average Bonchev–Trinajstić information content (AvgIpc) is 2.34. The smallest absolute Gasteiger partial charge is 0.822 e. The second-order valence-corrected chi connectivity index (χ2v) is 13.4. The molecule has 0 unspecified atom stereocenters. The van der Waals surface area contributed by atoms with Gasteiger partial charge in [-0.3, -0.25) is 0 Å². The molecule has 0 saturated heterocycles. The maximum Gasteiger partial charge on any atom is 3.00 e. The minimum Gasteiger partial charge on any atom is -0.822 e. The van der Waals surface area contributed by atoms with E-state index in [4.69, 9.17) is 192 Å². The molecule has 0 aromatic carbocycles. The topological polar surface area (TPSA) is 862 Å². The zero-order chi connectivity index (χ0) is 45.0. The van der Waals surface area contributed by atoms with Crippen molar-refractivity contribution in [3.63, 3.8) is 0 Å². The molecule has 0 aliphatic rings. The summed E-state index contributed by atoms with van der Waals surface area (Å²) >= 11 is 0. The summed E-state index contributed by atoms with van der Waals surface area (Å²) in [6, 6.07) is 0. The van der Waals surface area contributed by atoms with E-state index in [-0.39, 0.29) is 259 Å². The van der Waals surface area contributed by atoms with E-state index in [2.05, 4.69) is 0 Å². The fraction of sp³-hybridized carbons (Fsp3) is 0. The predicted molar refractivity (Wildman–Crippen MR) is 76.1 cm³/mol. The third kappa shape index (κ3) is 4540. The van der Waals surface area contributed by atoms with Crippen molar-refractivity contribution in [3.05, 3.63) is 0 Å². The minimum atomic E-state index is -5.39. The Morgan fingerprint density at radius 3 is 0.169 bits per heavy atom. The maximum atomic E-state index is 8.55. The van der Waals surface area contributed by atoms with E-state index in [1.807, 2.05) is 0 Å². The molecule has 0 bridgehead atoms. The van der Waals surface area contributed by atoms with Crippen LogP contribution >= 0.6 is 78.2 Å². The Morgan fingerprint density at radius 2 is 0.169 bits per heavy atom. The van der Waals surface area contributed by atoms with E-state index in [1.165, 1.54) is 0 Å². The fourth-order valence-electron chi connectivity index (χ4n) is 0. The Hall–Kier alpha value is 9.01. The number of phosphoric acid groups is 10. The van der Waals surface area contributed by atoms with E-state index in [9.17, 15) is 0 Å². The number of rotatable bonds is 0. The molecule has 0 atom stereocenters. The first-order chi connectivity index (χ1) is 20.0. The summed E-state index contributed by atoms with van der Waals surface area (Å²) < 4.78 is 85.5. The van der Waals surface area contributed by atoms with Crippen LogP contribution in [-0.2, 0) is 248 Å². The van der Waals surface area contributed by atoms with Crippen LogP contribution in [-0.4, -0.2) is 0 Å². The second kappa shape index (κ2) is 79.5. The van der Waals surface area contributed by atoms with Crippen molar-refractivity contribution in [2.24, 2.45) is 0 Å². The van der Waals surface area contributed by atoms with Gasteiger partial charge in [0.2, 0.25) is 0 Å².